The highest BCUT2D eigenvalue weighted by atomic mass is 32.2. The maximum absolute atomic E-state index is 12.5. The van der Waals surface area contributed by atoms with Crippen molar-refractivity contribution < 1.29 is 18.0 Å². The number of nitrogens with one attached hydrogen (secondary N) is 3. The van der Waals surface area contributed by atoms with E-state index in [2.05, 4.69) is 15.4 Å². The van der Waals surface area contributed by atoms with Crippen LogP contribution in [-0.4, -0.2) is 32.8 Å². The predicted octanol–water partition coefficient (Wildman–Crippen LogP) is 3.06. The fourth-order valence-electron chi connectivity index (χ4n) is 3.43. The molecule has 1 aliphatic carbocycles. The van der Waals surface area contributed by atoms with Crippen molar-refractivity contribution in [3.05, 3.63) is 60.2 Å². The lowest BCUT2D eigenvalue weighted by molar-refractivity contribution is -0.116. The van der Waals surface area contributed by atoms with Crippen molar-refractivity contribution in [1.82, 2.24) is 10.0 Å². The van der Waals surface area contributed by atoms with Gasteiger partial charge >= 0.3 is 0 Å². The van der Waals surface area contributed by atoms with E-state index in [1.54, 1.807) is 36.4 Å². The molecule has 0 aromatic heterocycles. The molecule has 0 spiro atoms. The van der Waals surface area contributed by atoms with E-state index in [9.17, 15) is 18.0 Å². The van der Waals surface area contributed by atoms with Gasteiger partial charge < -0.3 is 10.6 Å². The van der Waals surface area contributed by atoms with E-state index < -0.39 is 10.0 Å². The second kappa shape index (κ2) is 10.4. The lowest BCUT2D eigenvalue weighted by Gasteiger charge is -2.22. The number of hydrogen-bond acceptors (Lipinski definition) is 4. The predicted molar refractivity (Wildman–Crippen MR) is 116 cm³/mol. The normalized spacial score (nSPS) is 14.8. The van der Waals surface area contributed by atoms with Crippen LogP contribution in [0.5, 0.6) is 0 Å². The highest BCUT2D eigenvalue weighted by Crippen LogP contribution is 2.20. The molecule has 2 aromatic carbocycles. The summed E-state index contributed by atoms with van der Waals surface area (Å²) in [6.07, 6.45) is 5.10. The van der Waals surface area contributed by atoms with Crippen LogP contribution in [0.3, 0.4) is 0 Å². The van der Waals surface area contributed by atoms with Crippen LogP contribution in [0.2, 0.25) is 0 Å². The Morgan fingerprint density at radius 1 is 0.900 bits per heavy atom. The Balaban J connectivity index is 1.46. The molecule has 7 nitrogen and oxygen atoms in total. The summed E-state index contributed by atoms with van der Waals surface area (Å²) in [6, 6.07) is 14.9. The van der Waals surface area contributed by atoms with Crippen molar-refractivity contribution in [2.24, 2.45) is 0 Å². The Morgan fingerprint density at radius 3 is 2.23 bits per heavy atom. The third-order valence-corrected chi connectivity index (χ3v) is 6.59. The average Bonchev–Trinajstić information content (AvgIpc) is 2.75. The van der Waals surface area contributed by atoms with E-state index in [0.717, 1.165) is 32.1 Å². The fourth-order valence-corrected chi connectivity index (χ4v) is 4.73. The van der Waals surface area contributed by atoms with E-state index in [0.29, 0.717) is 11.3 Å². The first-order valence-corrected chi connectivity index (χ1v) is 11.7. The summed E-state index contributed by atoms with van der Waals surface area (Å²) in [7, 11) is -3.57. The summed E-state index contributed by atoms with van der Waals surface area (Å²) in [5.74, 6) is -0.497. The molecule has 3 rings (SSSR count). The minimum atomic E-state index is -3.57. The second-order valence-corrected chi connectivity index (χ2v) is 9.11. The number of carbonyl (C=O) groups is 2. The Hall–Kier alpha value is -2.71. The van der Waals surface area contributed by atoms with Gasteiger partial charge in [0.05, 0.1) is 4.90 Å². The van der Waals surface area contributed by atoms with Crippen LogP contribution in [0.25, 0.3) is 0 Å². The molecule has 1 fully saturated rings. The van der Waals surface area contributed by atoms with Crippen LogP contribution < -0.4 is 15.4 Å². The number of rotatable bonds is 8. The van der Waals surface area contributed by atoms with E-state index in [4.69, 9.17) is 0 Å². The van der Waals surface area contributed by atoms with Gasteiger partial charge in [0.15, 0.2) is 0 Å². The average molecular weight is 430 g/mol. The van der Waals surface area contributed by atoms with Gasteiger partial charge in [-0.1, -0.05) is 37.5 Å². The number of hydrogen-bond donors (Lipinski definition) is 3. The molecule has 8 heteroatoms. The topological polar surface area (TPSA) is 104 Å². The summed E-state index contributed by atoms with van der Waals surface area (Å²) in [5.41, 5.74) is 1.04. The molecular weight excluding hydrogens is 402 g/mol. The highest BCUT2D eigenvalue weighted by Gasteiger charge is 2.21. The van der Waals surface area contributed by atoms with Gasteiger partial charge in [-0.05, 0) is 49.2 Å². The fraction of sp³-hybridized carbons (Fsp3) is 0.364. The first-order chi connectivity index (χ1) is 14.4. The molecule has 0 radical (unpaired) electrons. The van der Waals surface area contributed by atoms with Crippen LogP contribution in [0.15, 0.2) is 59.5 Å². The van der Waals surface area contributed by atoms with Crippen molar-refractivity contribution in [3.63, 3.8) is 0 Å². The smallest absolute Gasteiger partial charge is 0.251 e. The Bertz CT molecular complexity index is 954. The van der Waals surface area contributed by atoms with Gasteiger partial charge in [-0.25, -0.2) is 13.1 Å². The molecule has 0 atom stereocenters. The molecule has 2 aromatic rings. The number of amides is 2. The molecule has 160 valence electrons. The zero-order valence-corrected chi connectivity index (χ0v) is 17.6. The molecule has 0 aliphatic heterocycles. The van der Waals surface area contributed by atoms with Gasteiger partial charge in [0, 0.05) is 30.3 Å². The van der Waals surface area contributed by atoms with Crippen molar-refractivity contribution in [2.75, 3.05) is 11.9 Å². The quantitative estimate of drug-likeness (QED) is 0.600. The van der Waals surface area contributed by atoms with Gasteiger partial charge in [0.25, 0.3) is 5.91 Å². The third-order valence-electron chi connectivity index (χ3n) is 5.05. The van der Waals surface area contributed by atoms with Crippen LogP contribution in [0.4, 0.5) is 5.69 Å². The summed E-state index contributed by atoms with van der Waals surface area (Å²) in [6.45, 7) is 0.206. The zero-order chi connectivity index (χ0) is 21.4. The Morgan fingerprint density at radius 2 is 1.57 bits per heavy atom. The molecule has 0 saturated heterocycles. The van der Waals surface area contributed by atoms with Crippen LogP contribution >= 0.6 is 0 Å². The molecule has 0 unspecified atom stereocenters. The minimum Gasteiger partial charge on any atom is -0.352 e. The molecule has 1 aliphatic rings. The lowest BCUT2D eigenvalue weighted by atomic mass is 9.96. The van der Waals surface area contributed by atoms with Crippen molar-refractivity contribution in [3.8, 4) is 0 Å². The van der Waals surface area contributed by atoms with Gasteiger partial charge in [0.1, 0.15) is 0 Å². The van der Waals surface area contributed by atoms with Crippen molar-refractivity contribution in [2.45, 2.75) is 49.5 Å². The SMILES string of the molecule is O=C(CCNC(=O)c1ccccc1)Nc1ccc(S(=O)(=O)NC2CCCCC2)cc1. The van der Waals surface area contributed by atoms with E-state index in [1.165, 1.54) is 12.1 Å². The van der Waals surface area contributed by atoms with Crippen molar-refractivity contribution in [1.29, 1.82) is 0 Å². The van der Waals surface area contributed by atoms with Gasteiger partial charge in [-0.2, -0.15) is 0 Å². The molecule has 3 N–H and O–H groups in total. The van der Waals surface area contributed by atoms with Crippen LogP contribution in [0.1, 0.15) is 48.9 Å². The molecule has 1 saturated carbocycles. The van der Waals surface area contributed by atoms with E-state index in [-0.39, 0.29) is 35.7 Å². The molecular formula is C22H27N3O4S. The number of carbonyl (C=O) groups excluding carboxylic acids is 2. The van der Waals surface area contributed by atoms with Crippen molar-refractivity contribution >= 4 is 27.5 Å². The summed E-state index contributed by atoms with van der Waals surface area (Å²) >= 11 is 0. The maximum Gasteiger partial charge on any atom is 0.251 e. The first-order valence-electron chi connectivity index (χ1n) is 10.2. The van der Waals surface area contributed by atoms with Gasteiger partial charge in [0.2, 0.25) is 15.9 Å². The largest absolute Gasteiger partial charge is 0.352 e. The first kappa shape index (κ1) is 22.0. The standard InChI is InChI=1S/C22H27N3O4S/c26-21(15-16-23-22(27)17-7-3-1-4-8-17)24-18-11-13-20(14-12-18)30(28,29)25-19-9-5-2-6-10-19/h1,3-4,7-8,11-14,19,25H,2,5-6,9-10,15-16H2,(H,23,27)(H,24,26). The third kappa shape index (κ3) is 6.40. The molecule has 0 heterocycles. The number of sulfonamides is 1. The number of benzene rings is 2. The Labute approximate surface area is 177 Å². The highest BCUT2D eigenvalue weighted by molar-refractivity contribution is 7.89. The van der Waals surface area contributed by atoms with Crippen LogP contribution in [-0.2, 0) is 14.8 Å². The van der Waals surface area contributed by atoms with E-state index in [1.807, 2.05) is 6.07 Å². The maximum atomic E-state index is 12.5. The molecule has 30 heavy (non-hydrogen) atoms. The van der Waals surface area contributed by atoms with Gasteiger partial charge in [-0.3, -0.25) is 9.59 Å². The number of anilines is 1. The monoisotopic (exact) mass is 429 g/mol. The zero-order valence-electron chi connectivity index (χ0n) is 16.8. The summed E-state index contributed by atoms with van der Waals surface area (Å²) < 4.78 is 27.8. The van der Waals surface area contributed by atoms with E-state index >= 15 is 0 Å². The summed E-state index contributed by atoms with van der Waals surface area (Å²) in [4.78, 5) is 24.2. The lowest BCUT2D eigenvalue weighted by Crippen LogP contribution is -2.36. The Kier molecular flexibility index (Phi) is 7.59. The summed E-state index contributed by atoms with van der Waals surface area (Å²) in [5, 5.41) is 5.41. The molecule has 2 amide bonds. The minimum absolute atomic E-state index is 0.00535. The van der Waals surface area contributed by atoms with Gasteiger partial charge in [-0.15, -0.1) is 0 Å². The van der Waals surface area contributed by atoms with Crippen LogP contribution in [0, 0.1) is 0 Å². The second-order valence-electron chi connectivity index (χ2n) is 7.40. The molecule has 0 bridgehead atoms.